The molecule has 2 atom stereocenters. The molecule has 3 rings (SSSR count). The molecule has 2 nitrogen and oxygen atoms in total. The molecule has 0 spiro atoms. The Balaban J connectivity index is 2.09. The lowest BCUT2D eigenvalue weighted by Gasteiger charge is -2.24. The molecule has 0 aromatic carbocycles. The first-order chi connectivity index (χ1) is 12.4. The maximum Gasteiger partial charge on any atom is 0.416 e. The Morgan fingerprint density at radius 2 is 2.12 bits per heavy atom. The van der Waals surface area contributed by atoms with Crippen molar-refractivity contribution in [3.8, 4) is 6.07 Å². The van der Waals surface area contributed by atoms with Crippen LogP contribution in [0.1, 0.15) is 38.2 Å². The minimum absolute atomic E-state index is 0.0752. The predicted molar refractivity (Wildman–Crippen MR) is 93.7 cm³/mol. The Morgan fingerprint density at radius 1 is 1.31 bits per heavy atom. The molecule has 0 aliphatic heterocycles. The topological polar surface area (TPSA) is 36.9 Å². The van der Waals surface area contributed by atoms with Gasteiger partial charge in [-0.25, -0.2) is 0 Å². The number of fused-ring (bicyclic) bond motifs is 1. The molecule has 1 aromatic heterocycles. The summed E-state index contributed by atoms with van der Waals surface area (Å²) in [5.74, 6) is -0.246. The maximum absolute atomic E-state index is 13.9. The highest BCUT2D eigenvalue weighted by Crippen LogP contribution is 2.43. The van der Waals surface area contributed by atoms with Crippen molar-refractivity contribution in [1.29, 1.82) is 5.26 Å². The number of furan rings is 1. The molecule has 5 heteroatoms. The lowest BCUT2D eigenvalue weighted by atomic mass is 9.83. The molecule has 2 aliphatic carbocycles. The van der Waals surface area contributed by atoms with Crippen LogP contribution in [0.3, 0.4) is 0 Å². The number of hydrogen-bond donors (Lipinski definition) is 0. The van der Waals surface area contributed by atoms with E-state index in [-0.39, 0.29) is 18.3 Å². The van der Waals surface area contributed by atoms with Gasteiger partial charge in [0.25, 0.3) is 0 Å². The summed E-state index contributed by atoms with van der Waals surface area (Å²) in [6, 6.07) is 3.81. The number of nitriles is 1. The summed E-state index contributed by atoms with van der Waals surface area (Å²) in [4.78, 5) is 0. The zero-order valence-electron chi connectivity index (χ0n) is 14.5. The minimum Gasteiger partial charge on any atom is -0.472 e. The summed E-state index contributed by atoms with van der Waals surface area (Å²) in [5.41, 5.74) is 1.84. The van der Waals surface area contributed by atoms with E-state index in [0.717, 1.165) is 5.57 Å². The van der Waals surface area contributed by atoms with Crippen molar-refractivity contribution >= 4 is 5.57 Å². The van der Waals surface area contributed by atoms with E-state index in [4.69, 9.17) is 9.68 Å². The molecular weight excluding hydrogens is 339 g/mol. The minimum atomic E-state index is -4.44. The molecule has 0 fully saturated rings. The van der Waals surface area contributed by atoms with Gasteiger partial charge in [0, 0.05) is 11.5 Å². The van der Waals surface area contributed by atoms with Gasteiger partial charge in [-0.05, 0) is 48.5 Å². The Hall–Kier alpha value is -2.48. The zero-order valence-corrected chi connectivity index (χ0v) is 14.5. The van der Waals surface area contributed by atoms with Crippen LogP contribution in [-0.4, -0.2) is 6.18 Å². The molecule has 2 aliphatic rings. The van der Waals surface area contributed by atoms with Crippen LogP contribution in [0.5, 0.6) is 0 Å². The van der Waals surface area contributed by atoms with Crippen molar-refractivity contribution in [1.82, 2.24) is 0 Å². The van der Waals surface area contributed by atoms with Crippen LogP contribution in [0, 0.1) is 23.2 Å². The van der Waals surface area contributed by atoms with Gasteiger partial charge < -0.3 is 4.42 Å². The molecule has 0 amide bonds. The van der Waals surface area contributed by atoms with Gasteiger partial charge in [0.05, 0.1) is 30.6 Å². The van der Waals surface area contributed by atoms with E-state index in [1.807, 2.05) is 19.1 Å². The SMILES string of the molecule is CC1CC=C2C(C(F)(F)F)=CC(c3ccoc3)=CCCC2C=C1CC#N. The molecule has 0 N–H and O–H groups in total. The van der Waals surface area contributed by atoms with Crippen LogP contribution in [0.15, 0.2) is 64.0 Å². The molecule has 0 radical (unpaired) electrons. The zero-order chi connectivity index (χ0) is 18.7. The molecular formula is C21H20F3NO. The van der Waals surface area contributed by atoms with Gasteiger partial charge in [-0.15, -0.1) is 0 Å². The van der Waals surface area contributed by atoms with E-state index in [1.165, 1.54) is 18.6 Å². The molecule has 0 saturated heterocycles. The van der Waals surface area contributed by atoms with Crippen LogP contribution in [0.2, 0.25) is 0 Å². The van der Waals surface area contributed by atoms with Gasteiger partial charge in [-0.2, -0.15) is 18.4 Å². The summed E-state index contributed by atoms with van der Waals surface area (Å²) in [6.45, 7) is 1.96. The van der Waals surface area contributed by atoms with Crippen LogP contribution in [0.4, 0.5) is 13.2 Å². The fourth-order valence-electron chi connectivity index (χ4n) is 3.58. The lowest BCUT2D eigenvalue weighted by molar-refractivity contribution is -0.0899. The Morgan fingerprint density at radius 3 is 2.77 bits per heavy atom. The third kappa shape index (κ3) is 3.85. The third-order valence-corrected chi connectivity index (χ3v) is 5.03. The first-order valence-electron chi connectivity index (χ1n) is 8.69. The summed E-state index contributed by atoms with van der Waals surface area (Å²) in [7, 11) is 0. The van der Waals surface area contributed by atoms with Crippen molar-refractivity contribution in [2.24, 2.45) is 11.8 Å². The second-order valence-electron chi connectivity index (χ2n) is 6.78. The highest BCUT2D eigenvalue weighted by molar-refractivity contribution is 5.76. The standard InChI is InChI=1S/C21H20F3NO/c1-14-5-6-19-17(11-15(14)7-9-25)4-2-3-16(18-8-10-26-13-18)12-20(19)21(22,23)24/h3,6,8,10-14,17H,2,4-5,7H2,1H3. The summed E-state index contributed by atoms with van der Waals surface area (Å²) in [6.07, 6.45) is 7.18. The van der Waals surface area contributed by atoms with E-state index in [1.54, 1.807) is 12.1 Å². The molecule has 2 unspecified atom stereocenters. The predicted octanol–water partition coefficient (Wildman–Crippen LogP) is 6.37. The monoisotopic (exact) mass is 359 g/mol. The Kier molecular flexibility index (Phi) is 5.22. The molecule has 0 saturated carbocycles. The molecule has 1 heterocycles. The molecule has 26 heavy (non-hydrogen) atoms. The maximum atomic E-state index is 13.9. The van der Waals surface area contributed by atoms with E-state index in [2.05, 4.69) is 6.07 Å². The van der Waals surface area contributed by atoms with E-state index >= 15 is 0 Å². The van der Waals surface area contributed by atoms with Gasteiger partial charge in [-0.3, -0.25) is 0 Å². The fraction of sp³-hybridized carbons (Fsp3) is 0.381. The number of halogens is 3. The number of alkyl halides is 3. The average molecular weight is 359 g/mol. The van der Waals surface area contributed by atoms with E-state index in [0.29, 0.717) is 36.0 Å². The number of hydrogen-bond acceptors (Lipinski definition) is 2. The summed E-state index contributed by atoms with van der Waals surface area (Å²) in [5, 5.41) is 9.03. The highest BCUT2D eigenvalue weighted by atomic mass is 19.4. The number of allylic oxidation sites excluding steroid dienone is 8. The smallest absolute Gasteiger partial charge is 0.416 e. The largest absolute Gasteiger partial charge is 0.472 e. The molecule has 136 valence electrons. The van der Waals surface area contributed by atoms with Crippen LogP contribution in [0.25, 0.3) is 5.57 Å². The lowest BCUT2D eigenvalue weighted by Crippen LogP contribution is -2.19. The van der Waals surface area contributed by atoms with Crippen LogP contribution in [-0.2, 0) is 0 Å². The van der Waals surface area contributed by atoms with E-state index in [9.17, 15) is 13.2 Å². The van der Waals surface area contributed by atoms with Crippen molar-refractivity contribution < 1.29 is 17.6 Å². The van der Waals surface area contributed by atoms with Gasteiger partial charge in [-0.1, -0.05) is 30.7 Å². The Bertz CT molecular complexity index is 816. The average Bonchev–Trinajstić information content (AvgIpc) is 3.04. The molecule has 1 aromatic rings. The fourth-order valence-corrected chi connectivity index (χ4v) is 3.58. The van der Waals surface area contributed by atoms with Crippen LogP contribution >= 0.6 is 0 Å². The van der Waals surface area contributed by atoms with Gasteiger partial charge >= 0.3 is 6.18 Å². The van der Waals surface area contributed by atoms with Crippen molar-refractivity contribution in [3.63, 3.8) is 0 Å². The normalized spacial score (nSPS) is 24.0. The van der Waals surface area contributed by atoms with Crippen LogP contribution < -0.4 is 0 Å². The third-order valence-electron chi connectivity index (χ3n) is 5.03. The van der Waals surface area contributed by atoms with E-state index < -0.39 is 11.7 Å². The first-order valence-corrected chi connectivity index (χ1v) is 8.69. The van der Waals surface area contributed by atoms with Crippen molar-refractivity contribution in [3.05, 3.63) is 65.2 Å². The summed E-state index contributed by atoms with van der Waals surface area (Å²) < 4.78 is 46.7. The summed E-state index contributed by atoms with van der Waals surface area (Å²) >= 11 is 0. The Labute approximate surface area is 151 Å². The van der Waals surface area contributed by atoms with Crippen molar-refractivity contribution in [2.45, 2.75) is 38.8 Å². The van der Waals surface area contributed by atoms with Crippen molar-refractivity contribution in [2.75, 3.05) is 0 Å². The van der Waals surface area contributed by atoms with Gasteiger partial charge in [0.2, 0.25) is 0 Å². The van der Waals surface area contributed by atoms with Gasteiger partial charge in [0.15, 0.2) is 0 Å². The second kappa shape index (κ2) is 7.41. The quantitative estimate of drug-likeness (QED) is 0.576. The highest BCUT2D eigenvalue weighted by Gasteiger charge is 2.39. The molecule has 0 bridgehead atoms. The second-order valence-corrected chi connectivity index (χ2v) is 6.78. The number of nitrogens with zero attached hydrogens (tertiary/aromatic N) is 1. The first kappa shape index (κ1) is 18.3. The van der Waals surface area contributed by atoms with Gasteiger partial charge in [0.1, 0.15) is 0 Å². The number of rotatable bonds is 2.